The molecule has 1 aliphatic rings. The molecule has 2 heterocycles. The number of amides is 1. The number of hydrogen-bond acceptors (Lipinski definition) is 4. The fraction of sp³-hybridized carbons (Fsp3) is 0.200. The Morgan fingerprint density at radius 2 is 1.86 bits per heavy atom. The molecule has 2 atom stereocenters. The third-order valence-corrected chi connectivity index (χ3v) is 3.69. The van der Waals surface area contributed by atoms with Gasteiger partial charge in [0.2, 0.25) is 5.91 Å². The van der Waals surface area contributed by atoms with Crippen molar-refractivity contribution in [3.05, 3.63) is 59.4 Å². The molecule has 1 amide bonds. The summed E-state index contributed by atoms with van der Waals surface area (Å²) >= 11 is 5.82. The van der Waals surface area contributed by atoms with Gasteiger partial charge in [0.05, 0.1) is 0 Å². The average molecular weight is 303 g/mol. The van der Waals surface area contributed by atoms with Gasteiger partial charge in [-0.15, -0.1) is 0 Å². The van der Waals surface area contributed by atoms with E-state index in [9.17, 15) is 4.79 Å². The molecule has 0 aliphatic carbocycles. The van der Waals surface area contributed by atoms with E-state index in [0.29, 0.717) is 11.4 Å². The third-order valence-electron chi connectivity index (χ3n) is 3.44. The number of carbonyl (C=O) groups is 1. The molecule has 0 saturated carbocycles. The summed E-state index contributed by atoms with van der Waals surface area (Å²) in [7, 11) is 0. The molecule has 1 aromatic heterocycles. The van der Waals surface area contributed by atoms with E-state index in [-0.39, 0.29) is 18.0 Å². The molecule has 1 aromatic carbocycles. The van der Waals surface area contributed by atoms with Crippen LogP contribution in [0.5, 0.6) is 0 Å². The van der Waals surface area contributed by atoms with Gasteiger partial charge in [0.1, 0.15) is 6.04 Å². The van der Waals surface area contributed by atoms with Gasteiger partial charge in [0, 0.05) is 29.1 Å². The molecule has 2 aromatic rings. The highest BCUT2D eigenvalue weighted by Crippen LogP contribution is 2.22. The lowest BCUT2D eigenvalue weighted by Gasteiger charge is -2.10. The molecule has 2 unspecified atom stereocenters. The maximum atomic E-state index is 12.2. The summed E-state index contributed by atoms with van der Waals surface area (Å²) < 4.78 is 0. The number of nitrogens with zero attached hydrogens (tertiary/aromatic N) is 1. The van der Waals surface area contributed by atoms with E-state index in [1.54, 1.807) is 36.7 Å². The minimum absolute atomic E-state index is 0.0682. The minimum atomic E-state index is -0.279. The quantitative estimate of drug-likeness (QED) is 0.814. The third kappa shape index (κ3) is 3.39. The summed E-state index contributed by atoms with van der Waals surface area (Å²) in [5.74, 6) is -0.0682. The van der Waals surface area contributed by atoms with Crippen LogP contribution in [0.2, 0.25) is 5.02 Å². The first-order valence-electron chi connectivity index (χ1n) is 6.70. The van der Waals surface area contributed by atoms with Crippen molar-refractivity contribution in [2.75, 3.05) is 5.32 Å². The van der Waals surface area contributed by atoms with Crippen molar-refractivity contribution in [3.63, 3.8) is 0 Å². The van der Waals surface area contributed by atoms with Crippen molar-refractivity contribution in [2.45, 2.75) is 18.5 Å². The van der Waals surface area contributed by atoms with Crippen LogP contribution in [0, 0.1) is 0 Å². The van der Waals surface area contributed by atoms with Crippen LogP contribution >= 0.6 is 11.6 Å². The van der Waals surface area contributed by atoms with Crippen LogP contribution in [0.1, 0.15) is 18.0 Å². The summed E-state index contributed by atoms with van der Waals surface area (Å²) in [4.78, 5) is 16.2. The number of aromatic nitrogens is 1. The Hall–Kier alpha value is -1.95. The van der Waals surface area contributed by atoms with Crippen molar-refractivity contribution >= 4 is 23.2 Å². The SMILES string of the molecule is O=C(Nc1ccc(Cl)cc1)C1CC(c2ccncc2)NN1. The number of anilines is 1. The van der Waals surface area contributed by atoms with Crippen LogP contribution in [0.3, 0.4) is 0 Å². The van der Waals surface area contributed by atoms with E-state index < -0.39 is 0 Å². The lowest BCUT2D eigenvalue weighted by Crippen LogP contribution is -2.39. The predicted octanol–water partition coefficient (Wildman–Crippen LogP) is 2.28. The zero-order valence-corrected chi connectivity index (χ0v) is 12.0. The fourth-order valence-corrected chi connectivity index (χ4v) is 2.43. The number of pyridine rings is 1. The first kappa shape index (κ1) is 14.0. The molecule has 3 rings (SSSR count). The minimum Gasteiger partial charge on any atom is -0.325 e. The second-order valence-corrected chi connectivity index (χ2v) is 5.34. The number of carbonyl (C=O) groups excluding carboxylic acids is 1. The Bertz CT molecular complexity index is 617. The smallest absolute Gasteiger partial charge is 0.242 e. The fourth-order valence-electron chi connectivity index (χ4n) is 2.31. The van der Waals surface area contributed by atoms with Crippen LogP contribution in [-0.2, 0) is 4.79 Å². The van der Waals surface area contributed by atoms with Crippen LogP contribution in [0.15, 0.2) is 48.8 Å². The number of hydrazine groups is 1. The van der Waals surface area contributed by atoms with Gasteiger partial charge in [-0.3, -0.25) is 9.78 Å². The van der Waals surface area contributed by atoms with Crippen LogP contribution in [0.25, 0.3) is 0 Å². The molecule has 1 fully saturated rings. The summed E-state index contributed by atoms with van der Waals surface area (Å²) in [6, 6.07) is 10.8. The molecule has 0 bridgehead atoms. The van der Waals surface area contributed by atoms with Gasteiger partial charge in [0.15, 0.2) is 0 Å². The lowest BCUT2D eigenvalue weighted by molar-refractivity contribution is -0.117. The van der Waals surface area contributed by atoms with Crippen LogP contribution < -0.4 is 16.2 Å². The predicted molar refractivity (Wildman–Crippen MR) is 81.7 cm³/mol. The standard InChI is InChI=1S/C15H15ClN4O/c16-11-1-3-12(4-2-11)18-15(21)14-9-13(19-20-14)10-5-7-17-8-6-10/h1-8,13-14,19-20H,9H2,(H,18,21). The largest absolute Gasteiger partial charge is 0.325 e. The maximum Gasteiger partial charge on any atom is 0.242 e. The van der Waals surface area contributed by atoms with E-state index >= 15 is 0 Å². The summed E-state index contributed by atoms with van der Waals surface area (Å²) in [6.07, 6.45) is 4.18. The van der Waals surface area contributed by atoms with Gasteiger partial charge in [-0.05, 0) is 48.4 Å². The molecule has 5 nitrogen and oxygen atoms in total. The number of benzene rings is 1. The number of nitrogens with one attached hydrogen (secondary N) is 3. The molecule has 0 radical (unpaired) electrons. The monoisotopic (exact) mass is 302 g/mol. The molecule has 1 aliphatic heterocycles. The Morgan fingerprint density at radius 1 is 1.14 bits per heavy atom. The summed E-state index contributed by atoms with van der Waals surface area (Å²) in [5, 5.41) is 3.52. The zero-order chi connectivity index (χ0) is 14.7. The van der Waals surface area contributed by atoms with Crippen molar-refractivity contribution in [2.24, 2.45) is 0 Å². The van der Waals surface area contributed by atoms with Crippen molar-refractivity contribution in [1.29, 1.82) is 0 Å². The van der Waals surface area contributed by atoms with E-state index in [2.05, 4.69) is 21.2 Å². The van der Waals surface area contributed by atoms with Crippen molar-refractivity contribution < 1.29 is 4.79 Å². The number of halogens is 1. The molecule has 6 heteroatoms. The van der Waals surface area contributed by atoms with Gasteiger partial charge in [-0.25, -0.2) is 10.9 Å². The van der Waals surface area contributed by atoms with Gasteiger partial charge in [0.25, 0.3) is 0 Å². The summed E-state index contributed by atoms with van der Waals surface area (Å²) in [5.41, 5.74) is 8.01. The van der Waals surface area contributed by atoms with Crippen molar-refractivity contribution in [3.8, 4) is 0 Å². The second kappa shape index (κ2) is 6.22. The normalized spacial score (nSPS) is 21.2. The Kier molecular flexibility index (Phi) is 4.15. The van der Waals surface area contributed by atoms with Gasteiger partial charge in [-0.1, -0.05) is 11.6 Å². The topological polar surface area (TPSA) is 66.0 Å². The van der Waals surface area contributed by atoms with Gasteiger partial charge in [-0.2, -0.15) is 0 Å². The molecule has 1 saturated heterocycles. The average Bonchev–Trinajstić information content (AvgIpc) is 3.00. The molecule has 0 spiro atoms. The molecule has 108 valence electrons. The van der Waals surface area contributed by atoms with Crippen LogP contribution in [-0.4, -0.2) is 16.9 Å². The Morgan fingerprint density at radius 3 is 2.57 bits per heavy atom. The second-order valence-electron chi connectivity index (χ2n) is 4.91. The van der Waals surface area contributed by atoms with E-state index in [0.717, 1.165) is 11.3 Å². The Labute approximate surface area is 127 Å². The first-order valence-corrected chi connectivity index (χ1v) is 7.07. The zero-order valence-electron chi connectivity index (χ0n) is 11.2. The van der Waals surface area contributed by atoms with E-state index in [1.807, 2.05) is 12.1 Å². The number of rotatable bonds is 3. The van der Waals surface area contributed by atoms with Crippen LogP contribution in [0.4, 0.5) is 5.69 Å². The highest BCUT2D eigenvalue weighted by atomic mass is 35.5. The molecule has 3 N–H and O–H groups in total. The molecular formula is C15H15ClN4O. The number of hydrogen-bond donors (Lipinski definition) is 3. The Balaban J connectivity index is 1.61. The van der Waals surface area contributed by atoms with Crippen molar-refractivity contribution in [1.82, 2.24) is 15.8 Å². The maximum absolute atomic E-state index is 12.2. The molecule has 21 heavy (non-hydrogen) atoms. The highest BCUT2D eigenvalue weighted by molar-refractivity contribution is 6.30. The van der Waals surface area contributed by atoms with Gasteiger partial charge < -0.3 is 5.32 Å². The lowest BCUT2D eigenvalue weighted by atomic mass is 10.0. The van der Waals surface area contributed by atoms with Gasteiger partial charge >= 0.3 is 0 Å². The van der Waals surface area contributed by atoms with E-state index in [1.165, 1.54) is 0 Å². The van der Waals surface area contributed by atoms with E-state index in [4.69, 9.17) is 11.6 Å². The summed E-state index contributed by atoms with van der Waals surface area (Å²) in [6.45, 7) is 0. The molecular weight excluding hydrogens is 288 g/mol. The highest BCUT2D eigenvalue weighted by Gasteiger charge is 2.30. The first-order chi connectivity index (χ1) is 10.2.